The second-order valence-electron chi connectivity index (χ2n) is 4.60. The summed E-state index contributed by atoms with van der Waals surface area (Å²) < 4.78 is 0. The fourth-order valence-corrected chi connectivity index (χ4v) is 2.84. The highest BCUT2D eigenvalue weighted by Crippen LogP contribution is 2.45. The van der Waals surface area contributed by atoms with Crippen molar-refractivity contribution in [3.05, 3.63) is 0 Å². The Hall–Kier alpha value is 0.310. The summed E-state index contributed by atoms with van der Waals surface area (Å²) in [4.78, 5) is 0. The molecular weight excluding hydrogens is 166 g/mol. The van der Waals surface area contributed by atoms with Crippen molar-refractivity contribution in [3.8, 4) is 0 Å². The zero-order valence-corrected chi connectivity index (χ0v) is 8.28. The highest BCUT2D eigenvalue weighted by Gasteiger charge is 2.42. The van der Waals surface area contributed by atoms with Gasteiger partial charge in [0.15, 0.2) is 0 Å². The van der Waals surface area contributed by atoms with E-state index < -0.39 is 0 Å². The minimum atomic E-state index is 0.876. The average Bonchev–Trinajstić information content (AvgIpc) is 2.81. The first-order chi connectivity index (χ1) is 5.93. The molecule has 0 aromatic heterocycles. The van der Waals surface area contributed by atoms with E-state index in [2.05, 4.69) is 17.1 Å². The molecule has 0 amide bonds. The van der Waals surface area contributed by atoms with E-state index >= 15 is 0 Å². The quantitative estimate of drug-likeness (QED) is 0.714. The predicted octanol–water partition coefficient (Wildman–Crippen LogP) is 1.88. The van der Waals surface area contributed by atoms with Crippen molar-refractivity contribution >= 4 is 11.8 Å². The first-order valence-electron chi connectivity index (χ1n) is 5.27. The summed E-state index contributed by atoms with van der Waals surface area (Å²) in [6.45, 7) is 0. The molecular formula is C10H17NS. The Kier molecular flexibility index (Phi) is 1.87. The molecule has 2 saturated carbocycles. The lowest BCUT2D eigenvalue weighted by Crippen LogP contribution is -2.48. The number of hydrogen-bond donors (Lipinski definition) is 1. The van der Waals surface area contributed by atoms with Gasteiger partial charge in [0.2, 0.25) is 0 Å². The fraction of sp³-hybridized carbons (Fsp3) is 1.00. The van der Waals surface area contributed by atoms with Crippen LogP contribution in [0.25, 0.3) is 0 Å². The van der Waals surface area contributed by atoms with Gasteiger partial charge in [0.1, 0.15) is 0 Å². The zero-order chi connectivity index (χ0) is 7.97. The Morgan fingerprint density at radius 3 is 1.92 bits per heavy atom. The highest BCUT2D eigenvalue weighted by molar-refractivity contribution is 8.00. The smallest absolute Gasteiger partial charge is 0.0251 e. The number of hydrogen-bond acceptors (Lipinski definition) is 2. The molecule has 0 unspecified atom stereocenters. The van der Waals surface area contributed by atoms with E-state index in [0.29, 0.717) is 0 Å². The van der Waals surface area contributed by atoms with Crippen molar-refractivity contribution in [3.63, 3.8) is 0 Å². The zero-order valence-electron chi connectivity index (χ0n) is 7.46. The largest absolute Gasteiger partial charge is 0.309 e. The molecule has 3 rings (SSSR count). The van der Waals surface area contributed by atoms with Crippen LogP contribution in [-0.4, -0.2) is 23.6 Å². The molecule has 0 aromatic carbocycles. The number of rotatable bonds is 4. The molecule has 0 aromatic rings. The van der Waals surface area contributed by atoms with Crippen LogP contribution in [-0.2, 0) is 0 Å². The minimum Gasteiger partial charge on any atom is -0.309 e. The Labute approximate surface area is 78.7 Å². The highest BCUT2D eigenvalue weighted by atomic mass is 32.2. The molecule has 0 bridgehead atoms. The standard InChI is InChI=1S/C10H17NS/c1-2-7(1)10(8-3-4-8)11-9-5-12-6-9/h7-11H,1-6H2. The first-order valence-corrected chi connectivity index (χ1v) is 6.43. The Morgan fingerprint density at radius 1 is 1.00 bits per heavy atom. The van der Waals surface area contributed by atoms with E-state index in [1.54, 1.807) is 0 Å². The molecule has 1 nitrogen and oxygen atoms in total. The summed E-state index contributed by atoms with van der Waals surface area (Å²) in [7, 11) is 0. The molecule has 1 saturated heterocycles. The van der Waals surface area contributed by atoms with E-state index in [4.69, 9.17) is 0 Å². The molecule has 2 heteroatoms. The van der Waals surface area contributed by atoms with Crippen molar-refractivity contribution in [1.29, 1.82) is 0 Å². The Balaban J connectivity index is 1.54. The van der Waals surface area contributed by atoms with Crippen molar-refractivity contribution < 1.29 is 0 Å². The van der Waals surface area contributed by atoms with Crippen LogP contribution >= 0.6 is 11.8 Å². The Morgan fingerprint density at radius 2 is 1.58 bits per heavy atom. The maximum absolute atomic E-state index is 3.86. The summed E-state index contributed by atoms with van der Waals surface area (Å²) in [5.74, 6) is 4.89. The van der Waals surface area contributed by atoms with Crippen LogP contribution in [0.5, 0.6) is 0 Å². The molecule has 0 atom stereocenters. The first kappa shape index (κ1) is 7.69. The average molecular weight is 183 g/mol. The lowest BCUT2D eigenvalue weighted by Gasteiger charge is -2.31. The maximum Gasteiger partial charge on any atom is 0.0251 e. The SMILES string of the molecule is C1SCC1NC(C1CC1)C1CC1. The lowest BCUT2D eigenvalue weighted by molar-refractivity contribution is 0.383. The summed E-state index contributed by atoms with van der Waals surface area (Å²) in [6, 6.07) is 1.80. The lowest BCUT2D eigenvalue weighted by atomic mass is 10.1. The van der Waals surface area contributed by atoms with Crippen LogP contribution in [0.15, 0.2) is 0 Å². The van der Waals surface area contributed by atoms with Gasteiger partial charge in [-0.15, -0.1) is 0 Å². The van der Waals surface area contributed by atoms with Crippen molar-refractivity contribution in [2.45, 2.75) is 37.8 Å². The van der Waals surface area contributed by atoms with E-state index in [1.807, 2.05) is 0 Å². The summed E-state index contributed by atoms with van der Waals surface area (Å²) in [5, 5.41) is 3.86. The molecule has 1 heterocycles. The molecule has 2 aliphatic carbocycles. The topological polar surface area (TPSA) is 12.0 Å². The van der Waals surface area contributed by atoms with Crippen molar-refractivity contribution in [2.75, 3.05) is 11.5 Å². The second kappa shape index (κ2) is 2.91. The molecule has 68 valence electrons. The summed E-state index contributed by atoms with van der Waals surface area (Å²) in [5.41, 5.74) is 0. The molecule has 0 radical (unpaired) electrons. The van der Waals surface area contributed by atoms with Crippen LogP contribution in [0.1, 0.15) is 25.7 Å². The third kappa shape index (κ3) is 1.51. The third-order valence-electron chi connectivity index (χ3n) is 3.33. The maximum atomic E-state index is 3.86. The number of thioether (sulfide) groups is 1. The minimum absolute atomic E-state index is 0.876. The second-order valence-corrected chi connectivity index (χ2v) is 5.68. The van der Waals surface area contributed by atoms with Gasteiger partial charge in [-0.25, -0.2) is 0 Å². The van der Waals surface area contributed by atoms with Gasteiger partial charge < -0.3 is 5.32 Å². The fourth-order valence-electron chi connectivity index (χ4n) is 2.17. The van der Waals surface area contributed by atoms with Gasteiger partial charge in [0.25, 0.3) is 0 Å². The summed E-state index contributed by atoms with van der Waals surface area (Å²) >= 11 is 2.09. The van der Waals surface area contributed by atoms with Gasteiger partial charge in [-0.05, 0) is 37.5 Å². The van der Waals surface area contributed by atoms with Gasteiger partial charge in [-0.2, -0.15) is 11.8 Å². The van der Waals surface area contributed by atoms with Crippen LogP contribution in [0.3, 0.4) is 0 Å². The monoisotopic (exact) mass is 183 g/mol. The van der Waals surface area contributed by atoms with E-state index in [1.165, 1.54) is 37.2 Å². The Bertz CT molecular complexity index is 159. The van der Waals surface area contributed by atoms with Crippen LogP contribution in [0.2, 0.25) is 0 Å². The molecule has 1 N–H and O–H groups in total. The predicted molar refractivity (Wildman–Crippen MR) is 53.5 cm³/mol. The number of nitrogens with one attached hydrogen (secondary N) is 1. The van der Waals surface area contributed by atoms with E-state index in [-0.39, 0.29) is 0 Å². The van der Waals surface area contributed by atoms with E-state index in [9.17, 15) is 0 Å². The molecule has 0 spiro atoms. The molecule has 1 aliphatic heterocycles. The molecule has 3 fully saturated rings. The van der Waals surface area contributed by atoms with Crippen LogP contribution in [0.4, 0.5) is 0 Å². The summed E-state index contributed by atoms with van der Waals surface area (Å²) in [6.07, 6.45) is 6.03. The van der Waals surface area contributed by atoms with Gasteiger partial charge in [0, 0.05) is 23.6 Å². The van der Waals surface area contributed by atoms with Gasteiger partial charge >= 0.3 is 0 Å². The third-order valence-corrected chi connectivity index (χ3v) is 4.60. The van der Waals surface area contributed by atoms with Crippen LogP contribution < -0.4 is 5.32 Å². The van der Waals surface area contributed by atoms with E-state index in [0.717, 1.165) is 23.9 Å². The van der Waals surface area contributed by atoms with Gasteiger partial charge in [-0.3, -0.25) is 0 Å². The van der Waals surface area contributed by atoms with Crippen molar-refractivity contribution in [1.82, 2.24) is 5.32 Å². The van der Waals surface area contributed by atoms with Crippen molar-refractivity contribution in [2.24, 2.45) is 11.8 Å². The van der Waals surface area contributed by atoms with Gasteiger partial charge in [0.05, 0.1) is 0 Å². The normalized spacial score (nSPS) is 30.8. The molecule has 3 aliphatic rings. The van der Waals surface area contributed by atoms with Gasteiger partial charge in [-0.1, -0.05) is 0 Å². The molecule has 12 heavy (non-hydrogen) atoms. The van der Waals surface area contributed by atoms with Crippen LogP contribution in [0, 0.1) is 11.8 Å².